The number of thiophene rings is 1. The second-order valence-corrected chi connectivity index (χ2v) is 6.54. The van der Waals surface area contributed by atoms with Gasteiger partial charge in [-0.05, 0) is 44.7 Å². The van der Waals surface area contributed by atoms with Gasteiger partial charge in [-0.15, -0.1) is 11.3 Å². The monoisotopic (exact) mass is 348 g/mol. The Kier molecular flexibility index (Phi) is 5.56. The zero-order chi connectivity index (χ0) is 17.9. The molecule has 0 aliphatic carbocycles. The Morgan fingerprint density at radius 3 is 2.58 bits per heavy atom. The van der Waals surface area contributed by atoms with Gasteiger partial charge in [0, 0.05) is 16.1 Å². The molecule has 24 heavy (non-hydrogen) atoms. The number of amides is 1. The molecule has 0 radical (unpaired) electrons. The number of aromatic nitrogens is 1. The van der Waals surface area contributed by atoms with Gasteiger partial charge in [0.15, 0.2) is 12.4 Å². The fourth-order valence-corrected chi connectivity index (χ4v) is 3.31. The molecule has 1 atom stereocenters. The van der Waals surface area contributed by atoms with E-state index in [1.54, 1.807) is 25.2 Å². The first-order valence-corrected chi connectivity index (χ1v) is 8.39. The Bertz CT molecular complexity index is 762. The summed E-state index contributed by atoms with van der Waals surface area (Å²) in [5.41, 5.74) is 1.84. The molecule has 128 valence electrons. The van der Waals surface area contributed by atoms with Crippen LogP contribution in [-0.4, -0.2) is 29.3 Å². The van der Waals surface area contributed by atoms with Crippen LogP contribution in [0.5, 0.6) is 0 Å². The third-order valence-corrected chi connectivity index (χ3v) is 4.73. The normalized spacial score (nSPS) is 11.8. The summed E-state index contributed by atoms with van der Waals surface area (Å²) in [6.07, 6.45) is 0. The van der Waals surface area contributed by atoms with Crippen molar-refractivity contribution in [3.05, 3.63) is 44.9 Å². The highest BCUT2D eigenvalue weighted by Crippen LogP contribution is 2.20. The van der Waals surface area contributed by atoms with Crippen LogP contribution in [0, 0.1) is 13.8 Å². The van der Waals surface area contributed by atoms with Gasteiger partial charge in [0.1, 0.15) is 5.69 Å². The maximum Gasteiger partial charge on any atom is 0.355 e. The standard InChI is InChI=1S/C17H20N2O4S/c1-9-15(12(4)20)11(3)19-16(9)17(22)23-8-14(21)18-10(2)13-6-5-7-24-13/h5-7,10,19H,8H2,1-4H3,(H,18,21)/t10-/m1/s1. The summed E-state index contributed by atoms with van der Waals surface area (Å²) < 4.78 is 5.05. The third-order valence-electron chi connectivity index (χ3n) is 3.68. The molecule has 0 aromatic carbocycles. The van der Waals surface area contributed by atoms with Gasteiger partial charge in [0.2, 0.25) is 0 Å². The van der Waals surface area contributed by atoms with Crippen molar-refractivity contribution < 1.29 is 19.1 Å². The Morgan fingerprint density at radius 2 is 2.04 bits per heavy atom. The van der Waals surface area contributed by atoms with E-state index in [0.29, 0.717) is 16.8 Å². The zero-order valence-electron chi connectivity index (χ0n) is 14.1. The minimum absolute atomic E-state index is 0.122. The molecule has 2 rings (SSSR count). The lowest BCUT2D eigenvalue weighted by molar-refractivity contribution is -0.124. The summed E-state index contributed by atoms with van der Waals surface area (Å²) in [6.45, 7) is 6.33. The number of aromatic amines is 1. The number of carbonyl (C=O) groups excluding carboxylic acids is 3. The number of carbonyl (C=O) groups is 3. The van der Waals surface area contributed by atoms with E-state index >= 15 is 0 Å². The molecule has 0 aliphatic heterocycles. The largest absolute Gasteiger partial charge is 0.451 e. The van der Waals surface area contributed by atoms with Gasteiger partial charge in [-0.2, -0.15) is 0 Å². The van der Waals surface area contributed by atoms with Gasteiger partial charge < -0.3 is 15.0 Å². The van der Waals surface area contributed by atoms with Crippen LogP contribution < -0.4 is 5.32 Å². The van der Waals surface area contributed by atoms with Crippen LogP contribution in [0.15, 0.2) is 17.5 Å². The van der Waals surface area contributed by atoms with Crippen molar-refractivity contribution in [1.29, 1.82) is 0 Å². The van der Waals surface area contributed by atoms with Crippen molar-refractivity contribution in [3.8, 4) is 0 Å². The summed E-state index contributed by atoms with van der Waals surface area (Å²) in [5, 5.41) is 4.70. The van der Waals surface area contributed by atoms with Gasteiger partial charge in [0.05, 0.1) is 6.04 Å². The number of nitrogens with one attached hydrogen (secondary N) is 2. The van der Waals surface area contributed by atoms with E-state index < -0.39 is 5.97 Å². The van der Waals surface area contributed by atoms with E-state index in [2.05, 4.69) is 10.3 Å². The molecule has 0 unspecified atom stereocenters. The molecular weight excluding hydrogens is 328 g/mol. The van der Waals surface area contributed by atoms with Crippen LogP contribution in [0.3, 0.4) is 0 Å². The van der Waals surface area contributed by atoms with Crippen molar-refractivity contribution in [2.75, 3.05) is 6.61 Å². The molecule has 0 bridgehead atoms. The molecular formula is C17H20N2O4S. The van der Waals surface area contributed by atoms with Crippen molar-refractivity contribution in [3.63, 3.8) is 0 Å². The van der Waals surface area contributed by atoms with Crippen LogP contribution in [0.4, 0.5) is 0 Å². The number of rotatable bonds is 6. The number of ether oxygens (including phenoxy) is 1. The molecule has 7 heteroatoms. The highest BCUT2D eigenvalue weighted by Gasteiger charge is 2.21. The Balaban J connectivity index is 1.95. The fourth-order valence-electron chi connectivity index (χ4n) is 2.58. The fraction of sp³-hybridized carbons (Fsp3) is 0.353. The van der Waals surface area contributed by atoms with Crippen molar-refractivity contribution in [2.45, 2.75) is 33.7 Å². The average Bonchev–Trinajstić information content (AvgIpc) is 3.12. The molecule has 2 aromatic rings. The molecule has 0 fully saturated rings. The number of H-pyrrole nitrogens is 1. The maximum absolute atomic E-state index is 12.1. The summed E-state index contributed by atoms with van der Waals surface area (Å²) in [6, 6.07) is 3.69. The Labute approximate surface area is 144 Å². The predicted octanol–water partition coefficient (Wildman–Crippen LogP) is 2.93. The lowest BCUT2D eigenvalue weighted by Gasteiger charge is -2.12. The Morgan fingerprint density at radius 1 is 1.33 bits per heavy atom. The van der Waals surface area contributed by atoms with Crippen LogP contribution in [-0.2, 0) is 9.53 Å². The summed E-state index contributed by atoms with van der Waals surface area (Å²) in [4.78, 5) is 39.5. The smallest absolute Gasteiger partial charge is 0.355 e. The van der Waals surface area contributed by atoms with Gasteiger partial charge >= 0.3 is 5.97 Å². The van der Waals surface area contributed by atoms with Crippen molar-refractivity contribution in [2.24, 2.45) is 0 Å². The van der Waals surface area contributed by atoms with Crippen LogP contribution in [0.25, 0.3) is 0 Å². The number of esters is 1. The van der Waals surface area contributed by atoms with Crippen molar-refractivity contribution in [1.82, 2.24) is 10.3 Å². The molecule has 2 N–H and O–H groups in total. The number of hydrogen-bond acceptors (Lipinski definition) is 5. The van der Waals surface area contributed by atoms with Crippen LogP contribution in [0.2, 0.25) is 0 Å². The zero-order valence-corrected chi connectivity index (χ0v) is 14.9. The quantitative estimate of drug-likeness (QED) is 0.620. The molecule has 2 heterocycles. The van der Waals surface area contributed by atoms with E-state index in [4.69, 9.17) is 4.74 Å². The van der Waals surface area contributed by atoms with Crippen LogP contribution in [0.1, 0.15) is 56.9 Å². The molecule has 0 spiro atoms. The number of ketones is 1. The first-order chi connectivity index (χ1) is 11.3. The molecule has 6 nitrogen and oxygen atoms in total. The van der Waals surface area contributed by atoms with Gasteiger partial charge in [-0.3, -0.25) is 9.59 Å². The minimum Gasteiger partial charge on any atom is -0.451 e. The van der Waals surface area contributed by atoms with Gasteiger partial charge in [-0.1, -0.05) is 6.07 Å². The summed E-state index contributed by atoms with van der Waals surface area (Å²) >= 11 is 1.54. The van der Waals surface area contributed by atoms with Crippen molar-refractivity contribution >= 4 is 29.0 Å². The number of hydrogen-bond donors (Lipinski definition) is 2. The van der Waals surface area contributed by atoms with E-state index in [1.165, 1.54) is 6.92 Å². The topological polar surface area (TPSA) is 88.3 Å². The molecule has 2 aromatic heterocycles. The van der Waals surface area contributed by atoms with Crippen LogP contribution >= 0.6 is 11.3 Å². The maximum atomic E-state index is 12.1. The molecule has 0 saturated carbocycles. The summed E-state index contributed by atoms with van der Waals surface area (Å²) in [7, 11) is 0. The van der Waals surface area contributed by atoms with E-state index in [1.807, 2.05) is 24.4 Å². The van der Waals surface area contributed by atoms with Gasteiger partial charge in [0.25, 0.3) is 5.91 Å². The van der Waals surface area contributed by atoms with E-state index in [0.717, 1.165) is 4.88 Å². The van der Waals surface area contributed by atoms with E-state index in [9.17, 15) is 14.4 Å². The lowest BCUT2D eigenvalue weighted by Crippen LogP contribution is -2.30. The molecule has 0 saturated heterocycles. The highest BCUT2D eigenvalue weighted by atomic mass is 32.1. The first-order valence-electron chi connectivity index (χ1n) is 7.51. The second kappa shape index (κ2) is 7.44. The SMILES string of the molecule is CC(=O)c1c(C)[nH]c(C(=O)OCC(=O)N[C@H](C)c2cccs2)c1C. The molecule has 0 aliphatic rings. The third kappa shape index (κ3) is 3.91. The average molecular weight is 348 g/mol. The second-order valence-electron chi connectivity index (χ2n) is 5.56. The minimum atomic E-state index is -0.651. The van der Waals surface area contributed by atoms with E-state index in [-0.39, 0.29) is 30.0 Å². The first kappa shape index (κ1) is 17.9. The lowest BCUT2D eigenvalue weighted by atomic mass is 10.1. The number of aryl methyl sites for hydroxylation is 1. The predicted molar refractivity (Wildman–Crippen MR) is 91.4 cm³/mol. The van der Waals surface area contributed by atoms with Gasteiger partial charge in [-0.25, -0.2) is 4.79 Å². The number of Topliss-reactive ketones (excluding diaryl/α,β-unsaturated/α-hetero) is 1. The Hall–Kier alpha value is -2.41. The molecule has 1 amide bonds. The highest BCUT2D eigenvalue weighted by molar-refractivity contribution is 7.10. The summed E-state index contributed by atoms with van der Waals surface area (Å²) in [5.74, 6) is -1.15.